The Hall–Kier alpha value is -1.26. The van der Waals surface area contributed by atoms with E-state index in [9.17, 15) is 0 Å². The van der Waals surface area contributed by atoms with E-state index in [1.165, 1.54) is 18.5 Å². The number of piperidine rings is 1. The Morgan fingerprint density at radius 3 is 2.43 bits per heavy atom. The van der Waals surface area contributed by atoms with Gasteiger partial charge >= 0.3 is 0 Å². The van der Waals surface area contributed by atoms with Gasteiger partial charge in [0.25, 0.3) is 0 Å². The highest BCUT2D eigenvalue weighted by molar-refractivity contribution is 5.58. The second kappa shape index (κ2) is 6.67. The topological polar surface area (TPSA) is 19.0 Å². The lowest BCUT2D eigenvalue weighted by molar-refractivity contribution is 0.0981. The number of hydrogen-bond acceptors (Lipinski definition) is 4. The third-order valence-corrected chi connectivity index (χ3v) is 4.81. The van der Waals surface area contributed by atoms with Crippen LogP contribution in [0.3, 0.4) is 0 Å². The van der Waals surface area contributed by atoms with Gasteiger partial charge in [0.2, 0.25) is 0 Å². The molecule has 21 heavy (non-hydrogen) atoms. The number of likely N-dealkylation sites (N-methyl/N-ethyl adjacent to an activating group) is 1. The summed E-state index contributed by atoms with van der Waals surface area (Å²) in [5.41, 5.74) is 1.22. The molecule has 2 aliphatic rings. The molecule has 0 aromatic heterocycles. The fourth-order valence-corrected chi connectivity index (χ4v) is 3.49. The van der Waals surface area contributed by atoms with Crippen LogP contribution in [0.4, 0.5) is 5.69 Å². The Labute approximate surface area is 129 Å². The molecule has 0 radical (unpaired) electrons. The van der Waals surface area contributed by atoms with Crippen LogP contribution < -0.4 is 9.64 Å². The summed E-state index contributed by atoms with van der Waals surface area (Å²) in [4.78, 5) is 7.31. The zero-order valence-corrected chi connectivity index (χ0v) is 13.0. The molecule has 0 bridgehead atoms. The number of piperazine rings is 1. The van der Waals surface area contributed by atoms with Crippen LogP contribution >= 0.6 is 0 Å². The first-order chi connectivity index (χ1) is 10.8. The van der Waals surface area contributed by atoms with E-state index >= 15 is 0 Å². The van der Waals surface area contributed by atoms with Crippen molar-refractivity contribution < 1.29 is 6.11 Å². The molecule has 2 heterocycles. The predicted molar refractivity (Wildman–Crippen MR) is 87.3 cm³/mol. The van der Waals surface area contributed by atoms with E-state index in [2.05, 4.69) is 26.8 Å². The van der Waals surface area contributed by atoms with Crippen LogP contribution in [0.1, 0.15) is 14.2 Å². The van der Waals surface area contributed by atoms with Crippen molar-refractivity contribution in [1.82, 2.24) is 9.80 Å². The molecule has 0 atom stereocenters. The van der Waals surface area contributed by atoms with Crippen molar-refractivity contribution in [2.75, 3.05) is 58.3 Å². The second-order valence-electron chi connectivity index (χ2n) is 6.04. The molecule has 116 valence electrons. The Kier molecular flexibility index (Phi) is 4.26. The Morgan fingerprint density at radius 2 is 1.76 bits per heavy atom. The van der Waals surface area contributed by atoms with Crippen molar-refractivity contribution in [2.24, 2.45) is 0 Å². The van der Waals surface area contributed by atoms with Gasteiger partial charge in [-0.25, -0.2) is 0 Å². The lowest BCUT2D eigenvalue weighted by Gasteiger charge is -2.42. The molecule has 0 spiro atoms. The molecule has 1 aromatic rings. The van der Waals surface area contributed by atoms with Crippen molar-refractivity contribution in [3.63, 3.8) is 0 Å². The number of hydrogen-bond donors (Lipinski definition) is 0. The van der Waals surface area contributed by atoms with Crippen molar-refractivity contribution in [3.8, 4) is 5.75 Å². The number of nitrogens with zero attached hydrogens (tertiary/aromatic N) is 3. The molecular weight excluding hydrogens is 262 g/mol. The number of para-hydroxylation sites is 2. The van der Waals surface area contributed by atoms with Crippen LogP contribution in [0.2, 0.25) is 0 Å². The minimum absolute atomic E-state index is 0.445. The summed E-state index contributed by atoms with van der Waals surface area (Å²) in [6.45, 7) is 6.55. The van der Waals surface area contributed by atoms with E-state index < -0.39 is 0 Å². The molecular formula is C17H27N3O. The van der Waals surface area contributed by atoms with Crippen molar-refractivity contribution in [2.45, 2.75) is 18.9 Å². The zero-order chi connectivity index (χ0) is 15.4. The number of methoxy groups -OCH3 is 1. The third-order valence-electron chi connectivity index (χ3n) is 4.81. The van der Waals surface area contributed by atoms with Gasteiger partial charge in [-0.1, -0.05) is 12.1 Å². The first kappa shape index (κ1) is 13.4. The number of ether oxygens (including phenoxy) is 1. The Bertz CT molecular complexity index is 469. The average molecular weight is 290 g/mol. The SMILES string of the molecule is [2H]CN1CCN(C2CCN(c3ccccc3OC)CC2)CC1. The van der Waals surface area contributed by atoms with Gasteiger partial charge in [-0.2, -0.15) is 0 Å². The number of rotatable bonds is 3. The number of benzene rings is 1. The van der Waals surface area contributed by atoms with Gasteiger partial charge < -0.3 is 14.5 Å². The maximum absolute atomic E-state index is 7.46. The fraction of sp³-hybridized carbons (Fsp3) is 0.647. The summed E-state index contributed by atoms with van der Waals surface area (Å²) in [6, 6.07) is 9.03. The molecule has 2 aliphatic heterocycles. The highest BCUT2D eigenvalue weighted by atomic mass is 16.5. The Balaban J connectivity index is 1.54. The van der Waals surface area contributed by atoms with Gasteiger partial charge in [0.05, 0.1) is 12.8 Å². The molecule has 0 unspecified atom stereocenters. The summed E-state index contributed by atoms with van der Waals surface area (Å²) in [6.07, 6.45) is 2.44. The quantitative estimate of drug-likeness (QED) is 0.846. The second-order valence-corrected chi connectivity index (χ2v) is 6.04. The molecule has 1 aromatic carbocycles. The van der Waals surface area contributed by atoms with E-state index in [0.29, 0.717) is 13.1 Å². The largest absolute Gasteiger partial charge is 0.495 e. The molecule has 0 saturated carbocycles. The summed E-state index contributed by atoms with van der Waals surface area (Å²) >= 11 is 0. The smallest absolute Gasteiger partial charge is 0.142 e. The summed E-state index contributed by atoms with van der Waals surface area (Å²) < 4.78 is 12.9. The van der Waals surface area contributed by atoms with E-state index in [1.54, 1.807) is 7.11 Å². The Morgan fingerprint density at radius 1 is 1.05 bits per heavy atom. The standard InChI is InChI=1S/C17H27N3O/c1-18-11-13-19(14-12-18)15-7-9-20(10-8-15)16-5-3-4-6-17(16)21-2/h3-6,15H,7-14H2,1-2H3/i1D. The normalized spacial score (nSPS) is 23.1. The molecule has 4 nitrogen and oxygen atoms in total. The van der Waals surface area contributed by atoms with Crippen LogP contribution in [-0.2, 0) is 0 Å². The van der Waals surface area contributed by atoms with Gasteiger partial charge in [-0.3, -0.25) is 4.90 Å². The van der Waals surface area contributed by atoms with Gasteiger partial charge in [-0.05, 0) is 32.0 Å². The average Bonchev–Trinajstić information content (AvgIpc) is 2.62. The minimum Gasteiger partial charge on any atom is -0.495 e. The predicted octanol–water partition coefficient (Wildman–Crippen LogP) is 1.91. The molecule has 0 aliphatic carbocycles. The minimum atomic E-state index is 0.445. The van der Waals surface area contributed by atoms with Crippen molar-refractivity contribution in [1.29, 1.82) is 0 Å². The molecule has 2 saturated heterocycles. The summed E-state index contributed by atoms with van der Waals surface area (Å²) in [7, 11) is 2.19. The highest BCUT2D eigenvalue weighted by Crippen LogP contribution is 2.30. The van der Waals surface area contributed by atoms with Crippen LogP contribution in [0.25, 0.3) is 0 Å². The lowest BCUT2D eigenvalue weighted by Crippen LogP contribution is -2.52. The molecule has 3 rings (SSSR count). The van der Waals surface area contributed by atoms with Gasteiger partial charge in [-0.15, -0.1) is 0 Å². The molecule has 4 heteroatoms. The van der Waals surface area contributed by atoms with Crippen LogP contribution in [0.5, 0.6) is 5.75 Å². The summed E-state index contributed by atoms with van der Waals surface area (Å²) in [5.74, 6) is 0.977. The summed E-state index contributed by atoms with van der Waals surface area (Å²) in [5, 5.41) is 0. The molecule has 0 N–H and O–H groups in total. The lowest BCUT2D eigenvalue weighted by atomic mass is 10.0. The zero-order valence-electron chi connectivity index (χ0n) is 14.0. The van der Waals surface area contributed by atoms with Crippen molar-refractivity contribution >= 4 is 5.69 Å². The first-order valence-electron chi connectivity index (χ1n) is 8.66. The van der Waals surface area contributed by atoms with E-state index in [-0.39, 0.29) is 0 Å². The molecule has 2 fully saturated rings. The van der Waals surface area contributed by atoms with E-state index in [4.69, 9.17) is 6.11 Å². The van der Waals surface area contributed by atoms with Crippen LogP contribution in [-0.4, -0.2) is 69.2 Å². The van der Waals surface area contributed by atoms with Crippen LogP contribution in [0, 0.1) is 0 Å². The highest BCUT2D eigenvalue weighted by Gasteiger charge is 2.27. The van der Waals surface area contributed by atoms with Gasteiger partial charge in [0, 0.05) is 46.7 Å². The van der Waals surface area contributed by atoms with Gasteiger partial charge in [0.15, 0.2) is 0 Å². The van der Waals surface area contributed by atoms with E-state index in [0.717, 1.165) is 45.0 Å². The number of anilines is 1. The first-order valence-corrected chi connectivity index (χ1v) is 7.95. The maximum atomic E-state index is 7.46. The van der Waals surface area contributed by atoms with Crippen molar-refractivity contribution in [3.05, 3.63) is 24.3 Å². The molecule has 0 amide bonds. The fourth-order valence-electron chi connectivity index (χ4n) is 3.49. The monoisotopic (exact) mass is 290 g/mol. The maximum Gasteiger partial charge on any atom is 0.142 e. The third kappa shape index (κ3) is 3.33. The van der Waals surface area contributed by atoms with Gasteiger partial charge in [0.1, 0.15) is 5.75 Å². The van der Waals surface area contributed by atoms with E-state index in [1.807, 2.05) is 12.1 Å². The van der Waals surface area contributed by atoms with Crippen LogP contribution in [0.15, 0.2) is 24.3 Å².